The second kappa shape index (κ2) is 4.48. The summed E-state index contributed by atoms with van der Waals surface area (Å²) >= 11 is 2.16. The molecule has 1 nitrogen and oxygen atoms in total. The summed E-state index contributed by atoms with van der Waals surface area (Å²) in [5.41, 5.74) is 1.77. The van der Waals surface area contributed by atoms with E-state index in [1.807, 2.05) is 7.05 Å². The highest BCUT2D eigenvalue weighted by atomic mass is 32.2. The molecule has 1 aliphatic carbocycles. The highest BCUT2D eigenvalue weighted by molar-refractivity contribution is 8.01. The van der Waals surface area contributed by atoms with Gasteiger partial charge in [-0.05, 0) is 18.1 Å². The SMILES string of the molecule is CCC1(SC(C)C)CC(=NC)[C@@]1(C)CC. The predicted octanol–water partition coefficient (Wildman–Crippen LogP) is 4.17. The molecule has 1 unspecified atom stereocenters. The number of hydrogen-bond acceptors (Lipinski definition) is 2. The molecule has 0 heterocycles. The van der Waals surface area contributed by atoms with Crippen molar-refractivity contribution in [1.82, 2.24) is 0 Å². The fraction of sp³-hybridized carbons (Fsp3) is 0.923. The van der Waals surface area contributed by atoms with Crippen molar-refractivity contribution in [2.75, 3.05) is 7.05 Å². The first-order valence-corrected chi connectivity index (χ1v) is 6.97. The van der Waals surface area contributed by atoms with E-state index in [4.69, 9.17) is 0 Å². The lowest BCUT2D eigenvalue weighted by molar-refractivity contribution is 0.245. The standard InChI is InChI=1S/C13H25NS/c1-7-12(5)11(14-6)9-13(12,8-2)15-10(3)4/h10H,7-9H2,1-6H3/t12-,13?/m1/s1. The molecule has 88 valence electrons. The Kier molecular flexibility index (Phi) is 3.91. The molecule has 2 heteroatoms. The molecule has 0 aromatic carbocycles. The minimum Gasteiger partial charge on any atom is -0.297 e. The Labute approximate surface area is 99.1 Å². The average Bonchev–Trinajstić information content (AvgIpc) is 2.21. The lowest BCUT2D eigenvalue weighted by Gasteiger charge is -2.59. The van der Waals surface area contributed by atoms with Gasteiger partial charge in [-0.3, -0.25) is 4.99 Å². The summed E-state index contributed by atoms with van der Waals surface area (Å²) < 4.78 is 0.449. The van der Waals surface area contributed by atoms with Gasteiger partial charge in [0.05, 0.1) is 0 Å². The first kappa shape index (κ1) is 13.1. The summed E-state index contributed by atoms with van der Waals surface area (Å²) in [6.45, 7) is 11.6. The van der Waals surface area contributed by atoms with E-state index >= 15 is 0 Å². The molecule has 1 rings (SSSR count). The van der Waals surface area contributed by atoms with Crippen molar-refractivity contribution in [3.63, 3.8) is 0 Å². The van der Waals surface area contributed by atoms with E-state index in [-0.39, 0.29) is 0 Å². The molecule has 0 aromatic rings. The van der Waals surface area contributed by atoms with E-state index in [0.717, 1.165) is 0 Å². The van der Waals surface area contributed by atoms with Crippen molar-refractivity contribution in [3.8, 4) is 0 Å². The van der Waals surface area contributed by atoms with Crippen molar-refractivity contribution < 1.29 is 0 Å². The predicted molar refractivity (Wildman–Crippen MR) is 72.1 cm³/mol. The number of rotatable bonds is 4. The van der Waals surface area contributed by atoms with Crippen LogP contribution in [0.4, 0.5) is 0 Å². The highest BCUT2D eigenvalue weighted by Crippen LogP contribution is 2.60. The average molecular weight is 227 g/mol. The highest BCUT2D eigenvalue weighted by Gasteiger charge is 2.58. The molecule has 0 saturated heterocycles. The summed E-state index contributed by atoms with van der Waals surface area (Å²) in [5.74, 6) is 0. The number of nitrogens with zero attached hydrogens (tertiary/aromatic N) is 1. The van der Waals surface area contributed by atoms with Gasteiger partial charge in [0.15, 0.2) is 0 Å². The van der Waals surface area contributed by atoms with Crippen LogP contribution in [0, 0.1) is 5.41 Å². The Morgan fingerprint density at radius 3 is 2.27 bits per heavy atom. The first-order chi connectivity index (χ1) is 6.95. The van der Waals surface area contributed by atoms with Crippen molar-refractivity contribution in [1.29, 1.82) is 0 Å². The second-order valence-corrected chi connectivity index (χ2v) is 7.01. The maximum Gasteiger partial charge on any atom is 0.0317 e. The van der Waals surface area contributed by atoms with Crippen LogP contribution in [0.2, 0.25) is 0 Å². The molecule has 2 atom stereocenters. The largest absolute Gasteiger partial charge is 0.297 e. The van der Waals surface area contributed by atoms with Gasteiger partial charge in [-0.1, -0.05) is 34.6 Å². The van der Waals surface area contributed by atoms with E-state index in [1.54, 1.807) is 0 Å². The van der Waals surface area contributed by atoms with Crippen molar-refractivity contribution in [2.45, 2.75) is 63.9 Å². The molecule has 0 aromatic heterocycles. The molecule has 1 aliphatic rings. The molecule has 0 amide bonds. The normalized spacial score (nSPS) is 38.5. The van der Waals surface area contributed by atoms with Crippen LogP contribution in [-0.4, -0.2) is 22.8 Å². The van der Waals surface area contributed by atoms with Crippen LogP contribution in [0.25, 0.3) is 0 Å². The van der Waals surface area contributed by atoms with Gasteiger partial charge < -0.3 is 0 Å². The van der Waals surface area contributed by atoms with Crippen LogP contribution in [0.5, 0.6) is 0 Å². The minimum atomic E-state index is 0.339. The van der Waals surface area contributed by atoms with E-state index in [9.17, 15) is 0 Å². The number of thioether (sulfide) groups is 1. The maximum absolute atomic E-state index is 4.47. The minimum absolute atomic E-state index is 0.339. The third kappa shape index (κ3) is 1.86. The van der Waals surface area contributed by atoms with Crippen LogP contribution < -0.4 is 0 Å². The molecule has 1 saturated carbocycles. The van der Waals surface area contributed by atoms with Crippen LogP contribution in [0.1, 0.15) is 53.9 Å². The summed E-state index contributed by atoms with van der Waals surface area (Å²) in [5, 5.41) is 0.717. The molecule has 0 N–H and O–H groups in total. The smallest absolute Gasteiger partial charge is 0.0317 e. The van der Waals surface area contributed by atoms with E-state index in [1.165, 1.54) is 25.0 Å². The maximum atomic E-state index is 4.47. The first-order valence-electron chi connectivity index (χ1n) is 6.09. The molecular formula is C13H25NS. The second-order valence-electron chi connectivity index (χ2n) is 5.05. The van der Waals surface area contributed by atoms with Crippen LogP contribution in [0.3, 0.4) is 0 Å². The zero-order valence-corrected chi connectivity index (χ0v) is 11.9. The van der Waals surface area contributed by atoms with Gasteiger partial charge in [-0.2, -0.15) is 11.8 Å². The van der Waals surface area contributed by atoms with Gasteiger partial charge in [0.2, 0.25) is 0 Å². The Balaban J connectivity index is 2.94. The monoisotopic (exact) mass is 227 g/mol. The topological polar surface area (TPSA) is 12.4 Å². The Morgan fingerprint density at radius 1 is 1.33 bits per heavy atom. The van der Waals surface area contributed by atoms with Crippen LogP contribution in [-0.2, 0) is 0 Å². The molecule has 0 spiro atoms. The van der Waals surface area contributed by atoms with Gasteiger partial charge in [0.25, 0.3) is 0 Å². The van der Waals surface area contributed by atoms with Crippen molar-refractivity contribution in [2.24, 2.45) is 10.4 Å². The van der Waals surface area contributed by atoms with Gasteiger partial charge in [-0.15, -0.1) is 0 Å². The third-order valence-corrected chi connectivity index (χ3v) is 5.91. The zero-order chi connectivity index (χ0) is 11.7. The Morgan fingerprint density at radius 2 is 1.93 bits per heavy atom. The van der Waals surface area contributed by atoms with E-state index < -0.39 is 0 Å². The Bertz CT molecular complexity index is 259. The molecule has 1 fully saturated rings. The molecule has 0 aliphatic heterocycles. The zero-order valence-electron chi connectivity index (χ0n) is 11.1. The van der Waals surface area contributed by atoms with Crippen LogP contribution in [0.15, 0.2) is 4.99 Å². The summed E-state index contributed by atoms with van der Waals surface area (Å²) in [6.07, 6.45) is 3.68. The quantitative estimate of drug-likeness (QED) is 0.702. The van der Waals surface area contributed by atoms with Gasteiger partial charge in [0, 0.05) is 29.3 Å². The Hall–Kier alpha value is 0.0200. The van der Waals surface area contributed by atoms with Crippen molar-refractivity contribution in [3.05, 3.63) is 0 Å². The van der Waals surface area contributed by atoms with E-state index in [0.29, 0.717) is 15.4 Å². The summed E-state index contributed by atoms with van der Waals surface area (Å²) in [7, 11) is 1.95. The number of aliphatic imine (C=N–C) groups is 1. The van der Waals surface area contributed by atoms with Gasteiger partial charge in [-0.25, -0.2) is 0 Å². The number of hydrogen-bond donors (Lipinski definition) is 0. The van der Waals surface area contributed by atoms with Crippen molar-refractivity contribution >= 4 is 17.5 Å². The molecule has 0 radical (unpaired) electrons. The lowest BCUT2D eigenvalue weighted by atomic mass is 9.56. The fourth-order valence-corrected chi connectivity index (χ4v) is 4.70. The van der Waals surface area contributed by atoms with E-state index in [2.05, 4.69) is 51.4 Å². The van der Waals surface area contributed by atoms with Gasteiger partial charge >= 0.3 is 0 Å². The molecule has 15 heavy (non-hydrogen) atoms. The fourth-order valence-electron chi connectivity index (χ4n) is 2.89. The van der Waals surface area contributed by atoms with Gasteiger partial charge in [0.1, 0.15) is 0 Å². The molecule has 0 bridgehead atoms. The van der Waals surface area contributed by atoms with Crippen LogP contribution >= 0.6 is 11.8 Å². The lowest BCUT2D eigenvalue weighted by Crippen LogP contribution is -2.60. The third-order valence-electron chi connectivity index (χ3n) is 4.10. The summed E-state index contributed by atoms with van der Waals surface area (Å²) in [6, 6.07) is 0. The summed E-state index contributed by atoms with van der Waals surface area (Å²) in [4.78, 5) is 4.47. The molecular weight excluding hydrogens is 202 g/mol.